The Hall–Kier alpha value is -1.10. The minimum Gasteiger partial charge on any atom is -0.368 e. The summed E-state index contributed by atoms with van der Waals surface area (Å²) in [5, 5.41) is 3.28. The molecular weight excluding hydrogens is 300 g/mol. The minimum absolute atomic E-state index is 0. The quantitative estimate of drug-likeness (QED) is 0.925. The summed E-state index contributed by atoms with van der Waals surface area (Å²) >= 11 is 0. The van der Waals surface area contributed by atoms with Crippen LogP contribution >= 0.6 is 12.4 Å². The van der Waals surface area contributed by atoms with Gasteiger partial charge in [0, 0.05) is 19.8 Å². The number of piperidine rings is 1. The van der Waals surface area contributed by atoms with Crippen molar-refractivity contribution in [3.63, 3.8) is 0 Å². The van der Waals surface area contributed by atoms with Gasteiger partial charge in [-0.1, -0.05) is 26.0 Å². The molecule has 1 amide bonds. The molecule has 2 rings (SSSR count). The van der Waals surface area contributed by atoms with Crippen LogP contribution in [0.1, 0.15) is 38.2 Å². The molecule has 1 heterocycles. The largest absolute Gasteiger partial charge is 0.368 e. The molecule has 22 heavy (non-hydrogen) atoms. The van der Waals surface area contributed by atoms with E-state index in [1.807, 2.05) is 19.2 Å². The maximum atomic E-state index is 12.9. The summed E-state index contributed by atoms with van der Waals surface area (Å²) in [7, 11) is 3.48. The number of carbonyl (C=O) groups is 1. The number of rotatable bonds is 4. The molecule has 1 aromatic rings. The van der Waals surface area contributed by atoms with Crippen molar-refractivity contribution in [2.75, 3.05) is 32.1 Å². The first kappa shape index (κ1) is 18.9. The van der Waals surface area contributed by atoms with Crippen LogP contribution in [-0.2, 0) is 9.53 Å². The number of nitrogens with zero attached hydrogens (tertiary/aromatic N) is 1. The molecule has 0 aliphatic carbocycles. The molecule has 5 heteroatoms. The third-order valence-corrected chi connectivity index (χ3v) is 4.42. The van der Waals surface area contributed by atoms with Crippen LogP contribution in [0.4, 0.5) is 5.69 Å². The molecule has 1 saturated heterocycles. The van der Waals surface area contributed by atoms with Gasteiger partial charge in [-0.15, -0.1) is 12.4 Å². The molecule has 1 aromatic carbocycles. The molecule has 4 nitrogen and oxygen atoms in total. The van der Waals surface area contributed by atoms with Gasteiger partial charge in [-0.25, -0.2) is 0 Å². The van der Waals surface area contributed by atoms with Gasteiger partial charge >= 0.3 is 0 Å². The summed E-state index contributed by atoms with van der Waals surface area (Å²) in [4.78, 5) is 14.6. The maximum Gasteiger partial charge on any atom is 0.259 e. The van der Waals surface area contributed by atoms with Gasteiger partial charge in [0.25, 0.3) is 5.91 Å². The first-order valence-electron chi connectivity index (χ1n) is 7.64. The molecule has 0 atom stereocenters. The molecule has 0 radical (unpaired) electrons. The summed E-state index contributed by atoms with van der Waals surface area (Å²) < 4.78 is 5.63. The Morgan fingerprint density at radius 2 is 1.95 bits per heavy atom. The molecule has 0 saturated carbocycles. The van der Waals surface area contributed by atoms with Crippen LogP contribution in [0.2, 0.25) is 0 Å². The second-order valence-electron chi connectivity index (χ2n) is 6.06. The number of ether oxygens (including phenoxy) is 1. The van der Waals surface area contributed by atoms with Gasteiger partial charge in [0.1, 0.15) is 5.60 Å². The summed E-state index contributed by atoms with van der Waals surface area (Å²) in [6, 6.07) is 8.18. The Kier molecular flexibility index (Phi) is 6.85. The molecule has 1 aliphatic heterocycles. The molecule has 1 fully saturated rings. The average molecular weight is 327 g/mol. The molecular formula is C17H27ClN2O2. The fourth-order valence-corrected chi connectivity index (χ4v) is 2.85. The van der Waals surface area contributed by atoms with Crippen molar-refractivity contribution in [1.29, 1.82) is 0 Å². The minimum atomic E-state index is -0.687. The third-order valence-electron chi connectivity index (χ3n) is 4.42. The first-order chi connectivity index (χ1) is 10.00. The summed E-state index contributed by atoms with van der Waals surface area (Å²) in [6.07, 6.45) is 1.44. The third kappa shape index (κ3) is 3.80. The van der Waals surface area contributed by atoms with Crippen molar-refractivity contribution in [2.24, 2.45) is 0 Å². The number of nitrogens with one attached hydrogen (secondary N) is 1. The van der Waals surface area contributed by atoms with Gasteiger partial charge in [0.2, 0.25) is 0 Å². The van der Waals surface area contributed by atoms with E-state index < -0.39 is 5.60 Å². The molecule has 1 N–H and O–H groups in total. The van der Waals surface area contributed by atoms with Crippen LogP contribution in [0.25, 0.3) is 0 Å². The molecule has 0 spiro atoms. The van der Waals surface area contributed by atoms with Crippen LogP contribution in [0.5, 0.6) is 0 Å². The summed E-state index contributed by atoms with van der Waals surface area (Å²) in [5.74, 6) is 0.496. The number of likely N-dealkylation sites (N-methyl/N-ethyl adjacent to an activating group) is 1. The average Bonchev–Trinajstić information content (AvgIpc) is 2.54. The highest BCUT2D eigenvalue weighted by Crippen LogP contribution is 2.28. The van der Waals surface area contributed by atoms with Crippen molar-refractivity contribution in [1.82, 2.24) is 5.32 Å². The van der Waals surface area contributed by atoms with Gasteiger partial charge < -0.3 is 15.0 Å². The van der Waals surface area contributed by atoms with Crippen LogP contribution in [-0.4, -0.2) is 38.8 Å². The number of benzene rings is 1. The zero-order valence-corrected chi connectivity index (χ0v) is 14.7. The van der Waals surface area contributed by atoms with E-state index >= 15 is 0 Å². The zero-order valence-electron chi connectivity index (χ0n) is 13.9. The van der Waals surface area contributed by atoms with Crippen LogP contribution < -0.4 is 10.2 Å². The number of hydrogen-bond donors (Lipinski definition) is 1. The Balaban J connectivity index is 0.00000242. The van der Waals surface area contributed by atoms with Gasteiger partial charge in [-0.2, -0.15) is 0 Å². The summed E-state index contributed by atoms with van der Waals surface area (Å²) in [6.45, 7) is 5.95. The lowest BCUT2D eigenvalue weighted by molar-refractivity contribution is -0.143. The Morgan fingerprint density at radius 3 is 2.50 bits per heavy atom. The highest BCUT2D eigenvalue weighted by molar-refractivity contribution is 5.99. The second kappa shape index (κ2) is 7.95. The Morgan fingerprint density at radius 1 is 1.32 bits per heavy atom. The SMILES string of the molecule is COC1(C(=O)N(C)c2cccc(C(C)C)c2)CCNCC1.Cl. The summed E-state index contributed by atoms with van der Waals surface area (Å²) in [5.41, 5.74) is 1.48. The van der Waals surface area contributed by atoms with E-state index in [2.05, 4.69) is 31.3 Å². The standard InChI is InChI=1S/C17H26N2O2.ClH/c1-13(2)14-6-5-7-15(12-14)19(3)16(20)17(21-4)8-10-18-11-9-17;/h5-7,12-13,18H,8-11H2,1-4H3;1H. The van der Waals surface area contributed by atoms with Gasteiger partial charge in [0.15, 0.2) is 0 Å². The van der Waals surface area contributed by atoms with Crippen LogP contribution in [0.3, 0.4) is 0 Å². The van der Waals surface area contributed by atoms with Gasteiger partial charge in [-0.05, 0) is 49.5 Å². The topological polar surface area (TPSA) is 41.6 Å². The van der Waals surface area contributed by atoms with E-state index in [-0.39, 0.29) is 18.3 Å². The van der Waals surface area contributed by atoms with Crippen LogP contribution in [0, 0.1) is 0 Å². The number of halogens is 1. The number of hydrogen-bond acceptors (Lipinski definition) is 3. The lowest BCUT2D eigenvalue weighted by Gasteiger charge is -2.37. The van der Waals surface area contributed by atoms with E-state index in [0.717, 1.165) is 31.6 Å². The van der Waals surface area contributed by atoms with Gasteiger partial charge in [0.05, 0.1) is 0 Å². The predicted molar refractivity (Wildman–Crippen MR) is 93.0 cm³/mol. The molecule has 1 aliphatic rings. The molecule has 0 bridgehead atoms. The number of carbonyl (C=O) groups excluding carboxylic acids is 1. The molecule has 124 valence electrons. The van der Waals surface area contributed by atoms with Gasteiger partial charge in [-0.3, -0.25) is 4.79 Å². The van der Waals surface area contributed by atoms with Crippen LogP contribution in [0.15, 0.2) is 24.3 Å². The molecule has 0 aromatic heterocycles. The number of methoxy groups -OCH3 is 1. The van der Waals surface area contributed by atoms with E-state index in [4.69, 9.17) is 4.74 Å². The van der Waals surface area contributed by atoms with Crippen molar-refractivity contribution in [3.05, 3.63) is 29.8 Å². The zero-order chi connectivity index (χ0) is 15.5. The highest BCUT2D eigenvalue weighted by atomic mass is 35.5. The second-order valence-corrected chi connectivity index (χ2v) is 6.06. The lowest BCUT2D eigenvalue weighted by atomic mass is 9.90. The van der Waals surface area contributed by atoms with E-state index in [0.29, 0.717) is 5.92 Å². The lowest BCUT2D eigenvalue weighted by Crippen LogP contribution is -2.54. The predicted octanol–water partition coefficient (Wildman–Crippen LogP) is 2.96. The highest BCUT2D eigenvalue weighted by Gasteiger charge is 2.41. The van der Waals surface area contributed by atoms with E-state index in [9.17, 15) is 4.79 Å². The Labute approximate surface area is 139 Å². The van der Waals surface area contributed by atoms with E-state index in [1.54, 1.807) is 12.0 Å². The first-order valence-corrected chi connectivity index (χ1v) is 7.64. The monoisotopic (exact) mass is 326 g/mol. The van der Waals surface area contributed by atoms with E-state index in [1.165, 1.54) is 5.56 Å². The van der Waals surface area contributed by atoms with Crippen molar-refractivity contribution >= 4 is 24.0 Å². The van der Waals surface area contributed by atoms with Crippen molar-refractivity contribution in [2.45, 2.75) is 38.2 Å². The van der Waals surface area contributed by atoms with Crippen molar-refractivity contribution < 1.29 is 9.53 Å². The Bertz CT molecular complexity index is 499. The fourth-order valence-electron chi connectivity index (χ4n) is 2.85. The normalized spacial score (nSPS) is 17.0. The smallest absolute Gasteiger partial charge is 0.259 e. The number of anilines is 1. The number of amides is 1. The fraction of sp³-hybridized carbons (Fsp3) is 0.588. The van der Waals surface area contributed by atoms with Crippen molar-refractivity contribution in [3.8, 4) is 0 Å². The molecule has 0 unspecified atom stereocenters. The maximum absolute atomic E-state index is 12.9.